The molecule has 0 aromatic carbocycles. The first-order valence-corrected chi connectivity index (χ1v) is 12.2. The number of phosphoric ester groups is 1. The van der Waals surface area contributed by atoms with Crippen LogP contribution >= 0.6 is 15.4 Å². The highest BCUT2D eigenvalue weighted by atomic mass is 31.2. The van der Waals surface area contributed by atoms with Gasteiger partial charge in [0.25, 0.3) is 5.56 Å². The smallest absolute Gasteiger partial charge is 0.377 e. The fourth-order valence-electron chi connectivity index (χ4n) is 3.51. The normalized spacial score (nSPS) is 28.7. The summed E-state index contributed by atoms with van der Waals surface area (Å²) in [5.74, 6) is -0.527. The molecule has 2 unspecified atom stereocenters. The summed E-state index contributed by atoms with van der Waals surface area (Å²) in [4.78, 5) is 45.4. The number of ether oxygens (including phenoxy) is 1. The highest BCUT2D eigenvalue weighted by Crippen LogP contribution is 2.52. The third-order valence-electron chi connectivity index (χ3n) is 4.81. The fourth-order valence-corrected chi connectivity index (χ4v) is 5.34. The Morgan fingerprint density at radius 2 is 1.93 bits per heavy atom. The molecule has 0 radical (unpaired) electrons. The molecule has 3 N–H and O–H groups in total. The third kappa shape index (κ3) is 6.19. The molecule has 12 nitrogen and oxygen atoms in total. The Hall–Kier alpha value is -1.10. The molecule has 1 saturated carbocycles. The molecule has 6 atom stereocenters. The molecule has 0 bridgehead atoms. The average molecular weight is 456 g/mol. The van der Waals surface area contributed by atoms with Crippen molar-refractivity contribution in [2.75, 3.05) is 27.0 Å². The van der Waals surface area contributed by atoms with E-state index in [0.717, 1.165) is 7.11 Å². The van der Waals surface area contributed by atoms with Gasteiger partial charge in [0.05, 0.1) is 18.8 Å². The second-order valence-electron chi connectivity index (χ2n) is 6.57. The van der Waals surface area contributed by atoms with Gasteiger partial charge in [-0.05, 0) is 25.7 Å². The van der Waals surface area contributed by atoms with Crippen molar-refractivity contribution in [1.82, 2.24) is 9.55 Å². The summed E-state index contributed by atoms with van der Waals surface area (Å²) in [6.45, 7) is 1.45. The van der Waals surface area contributed by atoms with E-state index >= 15 is 0 Å². The Morgan fingerprint density at radius 1 is 1.24 bits per heavy atom. The van der Waals surface area contributed by atoms with Crippen molar-refractivity contribution in [3.63, 3.8) is 0 Å². The number of aromatic nitrogens is 2. The average Bonchev–Trinajstić information content (AvgIpc) is 2.96. The lowest BCUT2D eigenvalue weighted by Crippen LogP contribution is -2.38. The molecule has 0 aliphatic heterocycles. The predicted octanol–water partition coefficient (Wildman–Crippen LogP) is 0.857. The standard InChI is InChI=1S/C15H26N2O10P2/c1-4-26-29(22,23)27-13-10(6-8-28(20,21)25-3)9-11(14(13)24-2)17-7-5-12(18)16-15(17)19/h5,7,10-11,13-14H,4,6,8-9H2,1-3H3,(H,20,21)(H,22,23)(H,16,18,19)/t10-,11+,13+,14-/m0/s1. The Balaban J connectivity index is 2.37. The van der Waals surface area contributed by atoms with E-state index in [4.69, 9.17) is 13.8 Å². The van der Waals surface area contributed by atoms with Crippen molar-refractivity contribution >= 4 is 15.4 Å². The third-order valence-corrected chi connectivity index (χ3v) is 7.30. The quantitative estimate of drug-likeness (QED) is 0.430. The number of H-pyrrole nitrogens is 1. The summed E-state index contributed by atoms with van der Waals surface area (Å²) in [7, 11) is -5.79. The second kappa shape index (κ2) is 9.80. The van der Waals surface area contributed by atoms with E-state index in [2.05, 4.69) is 9.51 Å². The Bertz CT molecular complexity index is 900. The van der Waals surface area contributed by atoms with Crippen molar-refractivity contribution in [2.45, 2.75) is 38.0 Å². The lowest BCUT2D eigenvalue weighted by molar-refractivity contribution is -0.0266. The Morgan fingerprint density at radius 3 is 2.48 bits per heavy atom. The number of rotatable bonds is 10. The van der Waals surface area contributed by atoms with Crippen LogP contribution in [-0.2, 0) is 27.4 Å². The van der Waals surface area contributed by atoms with E-state index in [9.17, 15) is 28.5 Å². The molecule has 0 spiro atoms. The van der Waals surface area contributed by atoms with Crippen LogP contribution in [0.5, 0.6) is 0 Å². The van der Waals surface area contributed by atoms with Gasteiger partial charge >= 0.3 is 21.1 Å². The summed E-state index contributed by atoms with van der Waals surface area (Å²) in [5, 5.41) is 0. The molecule has 1 aliphatic carbocycles. The van der Waals surface area contributed by atoms with Gasteiger partial charge in [0.2, 0.25) is 0 Å². The largest absolute Gasteiger partial charge is 0.472 e. The maximum absolute atomic E-state index is 12.2. The minimum atomic E-state index is -4.43. The van der Waals surface area contributed by atoms with Crippen LogP contribution < -0.4 is 11.2 Å². The molecule has 1 aromatic heterocycles. The maximum Gasteiger partial charge on any atom is 0.472 e. The predicted molar refractivity (Wildman–Crippen MR) is 102 cm³/mol. The van der Waals surface area contributed by atoms with Crippen molar-refractivity contribution in [3.05, 3.63) is 33.1 Å². The van der Waals surface area contributed by atoms with Crippen molar-refractivity contribution in [3.8, 4) is 0 Å². The van der Waals surface area contributed by atoms with Crippen LogP contribution in [0.4, 0.5) is 0 Å². The molecule has 1 fully saturated rings. The summed E-state index contributed by atoms with van der Waals surface area (Å²) in [6.07, 6.45) is -0.460. The van der Waals surface area contributed by atoms with Crippen molar-refractivity contribution in [1.29, 1.82) is 0 Å². The minimum absolute atomic E-state index is 0.0683. The SMILES string of the molecule is CCOP(=O)(O)O[C@@H]1[C@@H](CCP(=O)(O)OC)C[C@@H](n2ccc(=O)[nH]c2=O)[C@@H]1OC. The van der Waals surface area contributed by atoms with E-state index in [1.807, 2.05) is 0 Å². The van der Waals surface area contributed by atoms with Crippen LogP contribution in [0.1, 0.15) is 25.8 Å². The summed E-state index contributed by atoms with van der Waals surface area (Å²) in [6, 6.07) is 0.517. The zero-order valence-electron chi connectivity index (χ0n) is 16.3. The van der Waals surface area contributed by atoms with Gasteiger partial charge in [-0.15, -0.1) is 0 Å². The van der Waals surface area contributed by atoms with Crippen molar-refractivity contribution in [2.24, 2.45) is 5.92 Å². The summed E-state index contributed by atoms with van der Waals surface area (Å²) < 4.78 is 45.5. The molecule has 1 aromatic rings. The topological polar surface area (TPSA) is 166 Å². The van der Waals surface area contributed by atoms with Gasteiger partial charge < -0.3 is 19.0 Å². The zero-order chi connectivity index (χ0) is 21.8. The van der Waals surface area contributed by atoms with E-state index in [1.54, 1.807) is 0 Å². The number of methoxy groups -OCH3 is 1. The highest BCUT2D eigenvalue weighted by Gasteiger charge is 2.49. The van der Waals surface area contributed by atoms with Crippen LogP contribution in [-0.4, -0.2) is 58.5 Å². The number of nitrogens with zero attached hydrogens (tertiary/aromatic N) is 1. The molecule has 1 heterocycles. The first-order valence-electron chi connectivity index (χ1n) is 8.91. The van der Waals surface area contributed by atoms with Gasteiger partial charge in [-0.2, -0.15) is 0 Å². The van der Waals surface area contributed by atoms with Gasteiger partial charge in [-0.3, -0.25) is 28.0 Å². The summed E-state index contributed by atoms with van der Waals surface area (Å²) >= 11 is 0. The molecule has 1 aliphatic rings. The first kappa shape index (κ1) is 24.2. The molecule has 0 saturated heterocycles. The molecule has 2 rings (SSSR count). The fraction of sp³-hybridized carbons (Fsp3) is 0.733. The Labute approximate surface area is 166 Å². The lowest BCUT2D eigenvalue weighted by Gasteiger charge is -2.27. The second-order valence-corrected chi connectivity index (χ2v) is 10.1. The van der Waals surface area contributed by atoms with Gasteiger partial charge in [-0.25, -0.2) is 9.36 Å². The number of hydrogen-bond donors (Lipinski definition) is 3. The zero-order valence-corrected chi connectivity index (χ0v) is 18.1. The van der Waals surface area contributed by atoms with Gasteiger partial charge in [0.1, 0.15) is 12.2 Å². The van der Waals surface area contributed by atoms with Crippen LogP contribution in [0, 0.1) is 5.92 Å². The lowest BCUT2D eigenvalue weighted by atomic mass is 10.0. The van der Waals surface area contributed by atoms with E-state index < -0.39 is 50.8 Å². The van der Waals surface area contributed by atoms with Crippen LogP contribution in [0.2, 0.25) is 0 Å². The van der Waals surface area contributed by atoms with E-state index in [-0.39, 0.29) is 25.6 Å². The monoisotopic (exact) mass is 456 g/mol. The molecular formula is C15H26N2O10P2. The number of aromatic amines is 1. The molecule has 166 valence electrons. The van der Waals surface area contributed by atoms with Gasteiger partial charge in [0.15, 0.2) is 0 Å². The van der Waals surface area contributed by atoms with Crippen molar-refractivity contribution < 1.29 is 37.2 Å². The Kier molecular flexibility index (Phi) is 8.17. The highest BCUT2D eigenvalue weighted by molar-refractivity contribution is 7.52. The summed E-state index contributed by atoms with van der Waals surface area (Å²) in [5.41, 5.74) is -1.24. The molecule has 29 heavy (non-hydrogen) atoms. The van der Waals surface area contributed by atoms with Crippen LogP contribution in [0.3, 0.4) is 0 Å². The number of nitrogens with one attached hydrogen (secondary N) is 1. The van der Waals surface area contributed by atoms with Gasteiger partial charge in [0, 0.05) is 26.5 Å². The molecular weight excluding hydrogens is 430 g/mol. The van der Waals surface area contributed by atoms with Gasteiger partial charge in [-0.1, -0.05) is 0 Å². The first-order chi connectivity index (χ1) is 13.5. The van der Waals surface area contributed by atoms with E-state index in [1.165, 1.54) is 30.9 Å². The molecule has 0 amide bonds. The maximum atomic E-state index is 12.2. The van der Waals surface area contributed by atoms with E-state index in [0.29, 0.717) is 0 Å². The van der Waals surface area contributed by atoms with Crippen LogP contribution in [0.15, 0.2) is 21.9 Å². The van der Waals surface area contributed by atoms with Crippen LogP contribution in [0.25, 0.3) is 0 Å². The molecule has 14 heteroatoms. The number of phosphoric acid groups is 1. The number of hydrogen-bond acceptors (Lipinski definition) is 8. The minimum Gasteiger partial charge on any atom is -0.377 e.